The maximum Gasteiger partial charge on any atom is 0.267 e. The van der Waals surface area contributed by atoms with Crippen molar-refractivity contribution in [1.82, 2.24) is 19.8 Å². The smallest absolute Gasteiger partial charge is 0.267 e. The van der Waals surface area contributed by atoms with Crippen LogP contribution in [-0.2, 0) is 25.9 Å². The van der Waals surface area contributed by atoms with Crippen LogP contribution in [0.5, 0.6) is 0 Å². The Kier molecular flexibility index (Phi) is 3.11. The lowest BCUT2D eigenvalue weighted by atomic mass is 10.00. The summed E-state index contributed by atoms with van der Waals surface area (Å²) in [5.74, 6) is 0.501. The van der Waals surface area contributed by atoms with Crippen LogP contribution in [0.4, 0.5) is 0 Å². The standard InChI is InChI=1S/C15H18N4O2/c20-15-6-12-2-1-3-14(12)16-19(15)9-11-7-18(8-11)10-13-4-5-21-17-13/h4-6,11H,1-3,7-10H2. The topological polar surface area (TPSA) is 64.2 Å². The fraction of sp³-hybridized carbons (Fsp3) is 0.533. The van der Waals surface area contributed by atoms with Crippen LogP contribution >= 0.6 is 0 Å². The van der Waals surface area contributed by atoms with Crippen LogP contribution in [0.1, 0.15) is 23.4 Å². The Balaban J connectivity index is 1.37. The molecule has 0 aromatic carbocycles. The Hall–Kier alpha value is -1.95. The first-order chi connectivity index (χ1) is 10.3. The predicted molar refractivity (Wildman–Crippen MR) is 75.8 cm³/mol. The molecule has 0 unspecified atom stereocenters. The molecular weight excluding hydrogens is 268 g/mol. The molecule has 0 N–H and O–H groups in total. The molecule has 1 aliphatic carbocycles. The normalized spacial score (nSPS) is 18.7. The van der Waals surface area contributed by atoms with Crippen LogP contribution in [-0.4, -0.2) is 32.9 Å². The van der Waals surface area contributed by atoms with Gasteiger partial charge in [0, 0.05) is 37.7 Å². The van der Waals surface area contributed by atoms with Gasteiger partial charge in [-0.25, -0.2) is 4.68 Å². The molecule has 0 radical (unpaired) electrons. The Morgan fingerprint density at radius 3 is 3.05 bits per heavy atom. The van der Waals surface area contributed by atoms with Gasteiger partial charge in [-0.15, -0.1) is 0 Å². The highest BCUT2D eigenvalue weighted by atomic mass is 16.5. The highest BCUT2D eigenvalue weighted by molar-refractivity contribution is 5.22. The minimum Gasteiger partial charge on any atom is -0.364 e. The van der Waals surface area contributed by atoms with Crippen molar-refractivity contribution < 1.29 is 4.52 Å². The predicted octanol–water partition coefficient (Wildman–Crippen LogP) is 0.852. The molecule has 1 saturated heterocycles. The van der Waals surface area contributed by atoms with Crippen LogP contribution < -0.4 is 5.56 Å². The highest BCUT2D eigenvalue weighted by Crippen LogP contribution is 2.20. The molecule has 0 atom stereocenters. The lowest BCUT2D eigenvalue weighted by Crippen LogP contribution is -2.49. The van der Waals surface area contributed by atoms with Gasteiger partial charge in [-0.05, 0) is 24.8 Å². The van der Waals surface area contributed by atoms with E-state index in [0.29, 0.717) is 5.92 Å². The van der Waals surface area contributed by atoms with Crippen LogP contribution in [0, 0.1) is 5.92 Å². The van der Waals surface area contributed by atoms with Crippen LogP contribution in [0.15, 0.2) is 27.7 Å². The zero-order valence-corrected chi connectivity index (χ0v) is 11.9. The molecular formula is C15H18N4O2. The molecule has 0 bridgehead atoms. The summed E-state index contributed by atoms with van der Waals surface area (Å²) in [6.07, 6.45) is 4.74. The first-order valence-corrected chi connectivity index (χ1v) is 7.49. The third-order valence-electron chi connectivity index (χ3n) is 4.36. The van der Waals surface area contributed by atoms with Gasteiger partial charge >= 0.3 is 0 Å². The molecule has 110 valence electrons. The average molecular weight is 286 g/mol. The summed E-state index contributed by atoms with van der Waals surface area (Å²) < 4.78 is 6.49. The summed E-state index contributed by atoms with van der Waals surface area (Å²) in [5.41, 5.74) is 3.28. The highest BCUT2D eigenvalue weighted by Gasteiger charge is 2.28. The van der Waals surface area contributed by atoms with Gasteiger partial charge in [-0.1, -0.05) is 5.16 Å². The second kappa shape index (κ2) is 5.11. The molecule has 0 saturated carbocycles. The van der Waals surface area contributed by atoms with Gasteiger partial charge in [0.25, 0.3) is 5.56 Å². The Morgan fingerprint density at radius 2 is 2.24 bits per heavy atom. The van der Waals surface area contributed by atoms with Gasteiger partial charge in [0.15, 0.2) is 0 Å². The summed E-state index contributed by atoms with van der Waals surface area (Å²) in [7, 11) is 0. The van der Waals surface area contributed by atoms with Gasteiger partial charge < -0.3 is 4.52 Å². The number of hydrogen-bond acceptors (Lipinski definition) is 5. The monoisotopic (exact) mass is 286 g/mol. The fourth-order valence-corrected chi connectivity index (χ4v) is 3.28. The van der Waals surface area contributed by atoms with E-state index in [1.807, 2.05) is 6.07 Å². The number of rotatable bonds is 4. The maximum absolute atomic E-state index is 12.1. The van der Waals surface area contributed by atoms with Crippen molar-refractivity contribution in [3.8, 4) is 0 Å². The second-order valence-electron chi connectivity index (χ2n) is 6.04. The Bertz CT molecular complexity index is 686. The van der Waals surface area contributed by atoms with E-state index < -0.39 is 0 Å². The molecule has 1 fully saturated rings. The van der Waals surface area contributed by atoms with Crippen molar-refractivity contribution in [2.75, 3.05) is 13.1 Å². The van der Waals surface area contributed by atoms with Gasteiger partial charge in [0.1, 0.15) is 6.26 Å². The van der Waals surface area contributed by atoms with E-state index in [4.69, 9.17) is 4.52 Å². The van der Waals surface area contributed by atoms with Gasteiger partial charge in [0.2, 0.25) is 0 Å². The number of aryl methyl sites for hydroxylation is 2. The zero-order chi connectivity index (χ0) is 14.2. The lowest BCUT2D eigenvalue weighted by molar-refractivity contribution is 0.0742. The van der Waals surface area contributed by atoms with E-state index in [-0.39, 0.29) is 5.56 Å². The van der Waals surface area contributed by atoms with Gasteiger partial charge in [-0.2, -0.15) is 5.10 Å². The number of aromatic nitrogens is 3. The minimum atomic E-state index is 0.0469. The molecule has 2 aliphatic rings. The van der Waals surface area contributed by atoms with Crippen molar-refractivity contribution >= 4 is 0 Å². The van der Waals surface area contributed by atoms with E-state index in [1.165, 1.54) is 0 Å². The first kappa shape index (κ1) is 12.8. The molecule has 21 heavy (non-hydrogen) atoms. The SMILES string of the molecule is O=c1cc2c(nn1CC1CN(Cc3ccon3)C1)CCC2. The fourth-order valence-electron chi connectivity index (χ4n) is 3.28. The molecule has 2 aromatic rings. The summed E-state index contributed by atoms with van der Waals surface area (Å²) >= 11 is 0. The number of likely N-dealkylation sites (tertiary alicyclic amines) is 1. The third-order valence-corrected chi connectivity index (χ3v) is 4.36. The van der Waals surface area contributed by atoms with Crippen LogP contribution in [0.25, 0.3) is 0 Å². The van der Waals surface area contributed by atoms with Crippen LogP contribution in [0.3, 0.4) is 0 Å². The molecule has 6 heteroatoms. The molecule has 6 nitrogen and oxygen atoms in total. The minimum absolute atomic E-state index is 0.0469. The maximum atomic E-state index is 12.1. The average Bonchev–Trinajstić information content (AvgIpc) is 3.07. The molecule has 3 heterocycles. The van der Waals surface area contributed by atoms with Gasteiger partial charge in [0.05, 0.1) is 17.9 Å². The largest absolute Gasteiger partial charge is 0.364 e. The van der Waals surface area contributed by atoms with Crippen molar-refractivity contribution in [3.63, 3.8) is 0 Å². The molecule has 0 amide bonds. The van der Waals surface area contributed by atoms with E-state index in [1.54, 1.807) is 17.0 Å². The summed E-state index contributed by atoms with van der Waals surface area (Å²) in [5, 5.41) is 8.45. The molecule has 1 aliphatic heterocycles. The van der Waals surface area contributed by atoms with Crippen molar-refractivity contribution in [2.45, 2.75) is 32.4 Å². The Labute approximate surface area is 122 Å². The summed E-state index contributed by atoms with van der Waals surface area (Å²) in [6, 6.07) is 3.67. The molecule has 2 aromatic heterocycles. The van der Waals surface area contributed by atoms with E-state index in [2.05, 4.69) is 15.2 Å². The Morgan fingerprint density at radius 1 is 1.33 bits per heavy atom. The van der Waals surface area contributed by atoms with Gasteiger partial charge in [-0.3, -0.25) is 9.69 Å². The van der Waals surface area contributed by atoms with E-state index >= 15 is 0 Å². The zero-order valence-electron chi connectivity index (χ0n) is 11.9. The van der Waals surface area contributed by atoms with Crippen LogP contribution in [0.2, 0.25) is 0 Å². The quantitative estimate of drug-likeness (QED) is 0.834. The van der Waals surface area contributed by atoms with E-state index in [0.717, 1.165) is 62.4 Å². The number of hydrogen-bond donors (Lipinski definition) is 0. The second-order valence-corrected chi connectivity index (χ2v) is 6.04. The lowest BCUT2D eigenvalue weighted by Gasteiger charge is -2.38. The van der Waals surface area contributed by atoms with Crippen molar-refractivity contribution in [1.29, 1.82) is 0 Å². The van der Waals surface area contributed by atoms with E-state index in [9.17, 15) is 4.79 Å². The third kappa shape index (κ3) is 2.51. The summed E-state index contributed by atoms with van der Waals surface area (Å²) in [6.45, 7) is 3.51. The number of nitrogens with zero attached hydrogens (tertiary/aromatic N) is 4. The first-order valence-electron chi connectivity index (χ1n) is 7.49. The number of fused-ring (bicyclic) bond motifs is 1. The van der Waals surface area contributed by atoms with Crippen molar-refractivity contribution in [3.05, 3.63) is 45.7 Å². The van der Waals surface area contributed by atoms with Crippen molar-refractivity contribution in [2.24, 2.45) is 5.92 Å². The molecule has 0 spiro atoms. The summed E-state index contributed by atoms with van der Waals surface area (Å²) in [4.78, 5) is 14.4. The molecule has 4 rings (SSSR count).